The Kier molecular flexibility index (Phi) is 8.00. The minimum Gasteiger partial charge on any atom is -0.497 e. The second-order valence-corrected chi connectivity index (χ2v) is 6.18. The zero-order chi connectivity index (χ0) is 16.5. The number of nitrogens with zero attached hydrogens (tertiary/aromatic N) is 1. The molecule has 0 heterocycles. The highest BCUT2D eigenvalue weighted by atomic mass is 16.5. The van der Waals surface area contributed by atoms with E-state index in [-0.39, 0.29) is 5.91 Å². The molecule has 0 aromatic heterocycles. The third kappa shape index (κ3) is 5.04. The summed E-state index contributed by atoms with van der Waals surface area (Å²) in [6.07, 6.45) is 4.31. The number of hydrogen-bond acceptors (Lipinski definition) is 2. The number of carbonyl (C=O) groups is 1. The molecule has 0 aliphatic heterocycles. The molecular weight excluding hydrogens is 274 g/mol. The Hall–Kier alpha value is -1.51. The number of hydrogen-bond donors (Lipinski definition) is 0. The first-order valence-corrected chi connectivity index (χ1v) is 8.50. The van der Waals surface area contributed by atoms with E-state index in [1.807, 2.05) is 24.3 Å². The summed E-state index contributed by atoms with van der Waals surface area (Å²) in [5.74, 6) is 1.40. The third-order valence-corrected chi connectivity index (χ3v) is 4.10. The van der Waals surface area contributed by atoms with E-state index in [4.69, 9.17) is 4.74 Å². The van der Waals surface area contributed by atoms with Crippen molar-refractivity contribution in [1.82, 2.24) is 4.90 Å². The van der Waals surface area contributed by atoms with Crippen molar-refractivity contribution in [2.24, 2.45) is 5.92 Å². The van der Waals surface area contributed by atoms with Gasteiger partial charge in [-0.05, 0) is 43.0 Å². The van der Waals surface area contributed by atoms with Gasteiger partial charge in [0, 0.05) is 18.2 Å². The lowest BCUT2D eigenvalue weighted by atomic mass is 9.96. The lowest BCUT2D eigenvalue weighted by molar-refractivity contribution is 0.0607. The van der Waals surface area contributed by atoms with Crippen molar-refractivity contribution in [2.45, 2.75) is 59.4 Å². The van der Waals surface area contributed by atoms with Crippen molar-refractivity contribution in [3.05, 3.63) is 29.8 Å². The fraction of sp³-hybridized carbons (Fsp3) is 0.632. The van der Waals surface area contributed by atoms with Gasteiger partial charge >= 0.3 is 0 Å². The molecule has 1 aromatic carbocycles. The van der Waals surface area contributed by atoms with Gasteiger partial charge in [0.05, 0.1) is 7.11 Å². The maximum absolute atomic E-state index is 13.0. The Morgan fingerprint density at radius 1 is 1.14 bits per heavy atom. The van der Waals surface area contributed by atoms with Crippen LogP contribution in [0.3, 0.4) is 0 Å². The number of amides is 1. The first-order chi connectivity index (χ1) is 10.5. The molecule has 1 unspecified atom stereocenters. The molecule has 1 aromatic rings. The Morgan fingerprint density at radius 3 is 2.23 bits per heavy atom. The Bertz CT molecular complexity index is 439. The van der Waals surface area contributed by atoms with Crippen LogP contribution in [0, 0.1) is 5.92 Å². The van der Waals surface area contributed by atoms with Crippen LogP contribution in [0.2, 0.25) is 0 Å². The maximum atomic E-state index is 13.0. The molecule has 0 fully saturated rings. The van der Waals surface area contributed by atoms with Gasteiger partial charge in [-0.15, -0.1) is 0 Å². The van der Waals surface area contributed by atoms with Crippen molar-refractivity contribution in [3.8, 4) is 5.75 Å². The van der Waals surface area contributed by atoms with Gasteiger partial charge in [0.1, 0.15) is 5.75 Å². The molecule has 0 aliphatic rings. The molecule has 1 amide bonds. The summed E-state index contributed by atoms with van der Waals surface area (Å²) in [7, 11) is 1.64. The summed E-state index contributed by atoms with van der Waals surface area (Å²) in [6, 6.07) is 7.75. The number of rotatable bonds is 9. The zero-order valence-electron chi connectivity index (χ0n) is 14.8. The quantitative estimate of drug-likeness (QED) is 0.658. The van der Waals surface area contributed by atoms with Crippen LogP contribution in [-0.2, 0) is 0 Å². The molecule has 1 rings (SSSR count). The van der Waals surface area contributed by atoms with Crippen molar-refractivity contribution < 1.29 is 9.53 Å². The zero-order valence-corrected chi connectivity index (χ0v) is 14.8. The molecular formula is C19H31NO2. The minimum absolute atomic E-state index is 0.142. The van der Waals surface area contributed by atoms with Gasteiger partial charge in [-0.2, -0.15) is 0 Å². The second kappa shape index (κ2) is 9.50. The Morgan fingerprint density at radius 2 is 1.77 bits per heavy atom. The maximum Gasteiger partial charge on any atom is 0.254 e. The number of benzene rings is 1. The van der Waals surface area contributed by atoms with Gasteiger partial charge in [0.25, 0.3) is 5.91 Å². The second-order valence-electron chi connectivity index (χ2n) is 6.18. The van der Waals surface area contributed by atoms with E-state index in [1.165, 1.54) is 0 Å². The van der Waals surface area contributed by atoms with E-state index in [2.05, 4.69) is 32.6 Å². The molecule has 3 heteroatoms. The Labute approximate surface area is 135 Å². The van der Waals surface area contributed by atoms with E-state index in [1.54, 1.807) is 7.11 Å². The van der Waals surface area contributed by atoms with Crippen molar-refractivity contribution in [1.29, 1.82) is 0 Å². The van der Waals surface area contributed by atoms with Crippen LogP contribution in [0.1, 0.15) is 63.7 Å². The standard InChI is InChI=1S/C19H31NO2/c1-6-8-14-20(18(9-7-2)15(3)4)19(21)16-10-12-17(22-5)13-11-16/h10-13,15,18H,6-9,14H2,1-5H3. The van der Waals surface area contributed by atoms with Crippen LogP contribution in [0.4, 0.5) is 0 Å². The summed E-state index contributed by atoms with van der Waals surface area (Å²) in [6.45, 7) is 9.61. The molecule has 0 saturated heterocycles. The molecule has 0 aliphatic carbocycles. The van der Waals surface area contributed by atoms with Gasteiger partial charge in [-0.3, -0.25) is 4.79 Å². The highest BCUT2D eigenvalue weighted by Gasteiger charge is 2.26. The average molecular weight is 305 g/mol. The van der Waals surface area contributed by atoms with Gasteiger partial charge in [0.15, 0.2) is 0 Å². The molecule has 0 bridgehead atoms. The summed E-state index contributed by atoms with van der Waals surface area (Å²) >= 11 is 0. The van der Waals surface area contributed by atoms with Crippen LogP contribution < -0.4 is 4.74 Å². The normalized spacial score (nSPS) is 12.3. The first-order valence-electron chi connectivity index (χ1n) is 8.50. The van der Waals surface area contributed by atoms with E-state index in [9.17, 15) is 4.79 Å². The monoisotopic (exact) mass is 305 g/mol. The highest BCUT2D eigenvalue weighted by Crippen LogP contribution is 2.21. The number of methoxy groups -OCH3 is 1. The van der Waals surface area contributed by atoms with Crippen molar-refractivity contribution >= 4 is 5.91 Å². The smallest absolute Gasteiger partial charge is 0.254 e. The topological polar surface area (TPSA) is 29.5 Å². The highest BCUT2D eigenvalue weighted by molar-refractivity contribution is 5.94. The van der Waals surface area contributed by atoms with Gasteiger partial charge < -0.3 is 9.64 Å². The van der Waals surface area contributed by atoms with Crippen LogP contribution in [-0.4, -0.2) is 30.5 Å². The first kappa shape index (κ1) is 18.5. The lowest BCUT2D eigenvalue weighted by Gasteiger charge is -2.35. The van der Waals surface area contributed by atoms with Crippen LogP contribution >= 0.6 is 0 Å². The minimum atomic E-state index is 0.142. The predicted octanol–water partition coefficient (Wildman–Crippen LogP) is 4.76. The number of unbranched alkanes of at least 4 members (excludes halogenated alkanes) is 1. The molecule has 1 atom stereocenters. The average Bonchev–Trinajstić information content (AvgIpc) is 2.53. The van der Waals surface area contributed by atoms with E-state index >= 15 is 0 Å². The van der Waals surface area contributed by atoms with Gasteiger partial charge in [0.2, 0.25) is 0 Å². The van der Waals surface area contributed by atoms with Crippen LogP contribution in [0.25, 0.3) is 0 Å². The van der Waals surface area contributed by atoms with Gasteiger partial charge in [-0.25, -0.2) is 0 Å². The largest absolute Gasteiger partial charge is 0.497 e. The van der Waals surface area contributed by atoms with Crippen LogP contribution in [0.5, 0.6) is 5.75 Å². The van der Waals surface area contributed by atoms with E-state index in [0.717, 1.165) is 43.5 Å². The van der Waals surface area contributed by atoms with E-state index in [0.29, 0.717) is 12.0 Å². The molecule has 0 saturated carbocycles. The predicted molar refractivity (Wildman–Crippen MR) is 92.5 cm³/mol. The fourth-order valence-corrected chi connectivity index (χ4v) is 2.79. The lowest BCUT2D eigenvalue weighted by Crippen LogP contribution is -2.43. The van der Waals surface area contributed by atoms with E-state index < -0.39 is 0 Å². The molecule has 3 nitrogen and oxygen atoms in total. The summed E-state index contributed by atoms with van der Waals surface area (Å²) in [5, 5.41) is 0. The fourth-order valence-electron chi connectivity index (χ4n) is 2.79. The SMILES string of the molecule is CCCCN(C(=O)c1ccc(OC)cc1)C(CCC)C(C)C. The summed E-state index contributed by atoms with van der Waals surface area (Å²) < 4.78 is 5.17. The molecule has 0 radical (unpaired) electrons. The summed E-state index contributed by atoms with van der Waals surface area (Å²) in [5.41, 5.74) is 0.749. The van der Waals surface area contributed by atoms with Crippen LogP contribution in [0.15, 0.2) is 24.3 Å². The number of carbonyl (C=O) groups excluding carboxylic acids is 1. The molecule has 124 valence electrons. The third-order valence-electron chi connectivity index (χ3n) is 4.10. The molecule has 0 spiro atoms. The summed E-state index contributed by atoms with van der Waals surface area (Å²) in [4.78, 5) is 15.0. The molecule has 0 N–H and O–H groups in total. The number of ether oxygens (including phenoxy) is 1. The molecule has 22 heavy (non-hydrogen) atoms. The van der Waals surface area contributed by atoms with Crippen molar-refractivity contribution in [2.75, 3.05) is 13.7 Å². The van der Waals surface area contributed by atoms with Crippen molar-refractivity contribution in [3.63, 3.8) is 0 Å². The Balaban J connectivity index is 2.99. The van der Waals surface area contributed by atoms with Gasteiger partial charge in [-0.1, -0.05) is 40.5 Å².